The van der Waals surface area contributed by atoms with Gasteiger partial charge in [-0.15, -0.1) is 0 Å². The van der Waals surface area contributed by atoms with Gasteiger partial charge in [-0.25, -0.2) is 9.78 Å². The molecule has 0 aromatic carbocycles. The highest BCUT2D eigenvalue weighted by Gasteiger charge is 2.36. The predicted octanol–water partition coefficient (Wildman–Crippen LogP) is 3.16. The number of hydrogen-bond donors (Lipinski definition) is 0. The maximum absolute atomic E-state index is 13.0. The molecular formula is C15H20F3N3O2. The number of carbonyl (C=O) groups is 1. The number of piperazine rings is 1. The van der Waals surface area contributed by atoms with Crippen molar-refractivity contribution in [3.8, 4) is 0 Å². The molecular weight excluding hydrogens is 311 g/mol. The first-order chi connectivity index (χ1) is 10.6. The Hall–Kier alpha value is -1.99. The molecule has 2 heterocycles. The highest BCUT2D eigenvalue weighted by molar-refractivity contribution is 5.68. The van der Waals surface area contributed by atoms with Gasteiger partial charge in [-0.3, -0.25) is 0 Å². The third-order valence-corrected chi connectivity index (χ3v) is 3.32. The summed E-state index contributed by atoms with van der Waals surface area (Å²) in [5.74, 6) is -0.0937. The Morgan fingerprint density at radius 3 is 2.30 bits per heavy atom. The number of ether oxygens (including phenoxy) is 1. The van der Waals surface area contributed by atoms with Crippen molar-refractivity contribution < 1.29 is 22.7 Å². The van der Waals surface area contributed by atoms with Gasteiger partial charge in [-0.05, 0) is 32.9 Å². The zero-order valence-electron chi connectivity index (χ0n) is 13.4. The number of amides is 1. The van der Waals surface area contributed by atoms with Crippen molar-refractivity contribution in [2.24, 2.45) is 0 Å². The van der Waals surface area contributed by atoms with Crippen LogP contribution in [0.25, 0.3) is 0 Å². The Balaban J connectivity index is 2.04. The van der Waals surface area contributed by atoms with Crippen LogP contribution < -0.4 is 4.90 Å². The van der Waals surface area contributed by atoms with Gasteiger partial charge in [-0.1, -0.05) is 0 Å². The van der Waals surface area contributed by atoms with Crippen LogP contribution in [0.2, 0.25) is 0 Å². The quantitative estimate of drug-likeness (QED) is 0.793. The van der Waals surface area contributed by atoms with Gasteiger partial charge in [0.2, 0.25) is 0 Å². The van der Waals surface area contributed by atoms with Crippen LogP contribution in [0.1, 0.15) is 26.3 Å². The molecule has 0 aliphatic carbocycles. The first kappa shape index (κ1) is 17.4. The van der Waals surface area contributed by atoms with Crippen LogP contribution in [-0.4, -0.2) is 47.8 Å². The molecule has 1 aliphatic rings. The zero-order chi connectivity index (χ0) is 17.3. The number of nitrogens with zero attached hydrogens (tertiary/aromatic N) is 3. The third-order valence-electron chi connectivity index (χ3n) is 3.32. The van der Waals surface area contributed by atoms with Crippen LogP contribution in [0.15, 0.2) is 18.3 Å². The van der Waals surface area contributed by atoms with Crippen LogP contribution in [0.5, 0.6) is 0 Å². The summed E-state index contributed by atoms with van der Waals surface area (Å²) in [7, 11) is 0. The Morgan fingerprint density at radius 2 is 1.78 bits per heavy atom. The second kappa shape index (κ2) is 6.25. The number of alkyl halides is 3. The van der Waals surface area contributed by atoms with Gasteiger partial charge < -0.3 is 14.5 Å². The second-order valence-corrected chi connectivity index (χ2v) is 6.33. The van der Waals surface area contributed by atoms with E-state index in [2.05, 4.69) is 4.98 Å². The summed E-state index contributed by atoms with van der Waals surface area (Å²) in [6.07, 6.45) is -3.56. The lowest BCUT2D eigenvalue weighted by Gasteiger charge is -2.36. The Bertz CT molecular complexity index is 562. The van der Waals surface area contributed by atoms with Crippen molar-refractivity contribution in [1.29, 1.82) is 0 Å². The van der Waals surface area contributed by atoms with Gasteiger partial charge >= 0.3 is 12.3 Å². The molecule has 1 fully saturated rings. The zero-order valence-corrected chi connectivity index (χ0v) is 13.4. The minimum Gasteiger partial charge on any atom is -0.444 e. The number of anilines is 1. The van der Waals surface area contributed by atoms with E-state index in [9.17, 15) is 18.0 Å². The summed E-state index contributed by atoms with van der Waals surface area (Å²) in [6, 6.07) is 2.28. The van der Waals surface area contributed by atoms with Crippen LogP contribution in [0.4, 0.5) is 23.8 Å². The molecule has 2 rings (SSSR count). The average molecular weight is 331 g/mol. The molecule has 128 valence electrons. The van der Waals surface area contributed by atoms with Crippen LogP contribution in [0.3, 0.4) is 0 Å². The molecule has 0 radical (unpaired) electrons. The highest BCUT2D eigenvalue weighted by atomic mass is 19.4. The number of rotatable bonds is 1. The smallest absolute Gasteiger partial charge is 0.419 e. The van der Waals surface area contributed by atoms with Crippen LogP contribution in [0, 0.1) is 0 Å². The maximum Gasteiger partial charge on any atom is 0.419 e. The fourth-order valence-electron chi connectivity index (χ4n) is 2.30. The van der Waals surface area contributed by atoms with Crippen LogP contribution in [-0.2, 0) is 10.9 Å². The van der Waals surface area contributed by atoms with E-state index in [0.717, 1.165) is 6.07 Å². The number of carbonyl (C=O) groups excluding carboxylic acids is 1. The third kappa shape index (κ3) is 4.49. The minimum atomic E-state index is -4.45. The van der Waals surface area contributed by atoms with Gasteiger partial charge in [-0.2, -0.15) is 13.2 Å². The lowest BCUT2D eigenvalue weighted by Crippen LogP contribution is -2.50. The fourth-order valence-corrected chi connectivity index (χ4v) is 2.30. The van der Waals surface area contributed by atoms with Gasteiger partial charge in [0.15, 0.2) is 0 Å². The molecule has 1 aromatic heterocycles. The SMILES string of the molecule is CC(C)(C)OC(=O)N1CCN(c2ncccc2C(F)(F)F)CC1. The highest BCUT2D eigenvalue weighted by Crippen LogP contribution is 2.35. The van der Waals surface area contributed by atoms with E-state index >= 15 is 0 Å². The summed E-state index contributed by atoms with van der Waals surface area (Å²) >= 11 is 0. The normalized spacial score (nSPS) is 16.4. The lowest BCUT2D eigenvalue weighted by molar-refractivity contribution is -0.137. The maximum atomic E-state index is 13.0. The molecule has 1 saturated heterocycles. The Kier molecular flexibility index (Phi) is 4.72. The monoisotopic (exact) mass is 331 g/mol. The predicted molar refractivity (Wildman–Crippen MR) is 79.3 cm³/mol. The topological polar surface area (TPSA) is 45.7 Å². The van der Waals surface area contributed by atoms with E-state index in [0.29, 0.717) is 13.1 Å². The minimum absolute atomic E-state index is 0.0937. The summed E-state index contributed by atoms with van der Waals surface area (Å²) in [6.45, 7) is 6.45. The Labute approximate surface area is 133 Å². The number of pyridine rings is 1. The largest absolute Gasteiger partial charge is 0.444 e. The molecule has 1 aromatic rings. The molecule has 1 aliphatic heterocycles. The van der Waals surface area contributed by atoms with Crippen molar-refractivity contribution in [1.82, 2.24) is 9.88 Å². The molecule has 0 saturated carbocycles. The van der Waals surface area contributed by atoms with E-state index in [-0.39, 0.29) is 18.9 Å². The molecule has 8 heteroatoms. The number of halogens is 3. The van der Waals surface area contributed by atoms with Gasteiger partial charge in [0.25, 0.3) is 0 Å². The number of aromatic nitrogens is 1. The van der Waals surface area contributed by atoms with E-state index in [4.69, 9.17) is 4.74 Å². The van der Waals surface area contributed by atoms with Crippen molar-refractivity contribution in [3.63, 3.8) is 0 Å². The van der Waals surface area contributed by atoms with E-state index in [1.165, 1.54) is 17.2 Å². The van der Waals surface area contributed by atoms with Crippen LogP contribution >= 0.6 is 0 Å². The fraction of sp³-hybridized carbons (Fsp3) is 0.600. The molecule has 0 bridgehead atoms. The molecule has 23 heavy (non-hydrogen) atoms. The van der Waals surface area contributed by atoms with E-state index in [1.54, 1.807) is 25.7 Å². The first-order valence-electron chi connectivity index (χ1n) is 7.33. The van der Waals surface area contributed by atoms with Gasteiger partial charge in [0.1, 0.15) is 11.4 Å². The van der Waals surface area contributed by atoms with Crippen molar-refractivity contribution in [2.45, 2.75) is 32.5 Å². The number of hydrogen-bond acceptors (Lipinski definition) is 4. The van der Waals surface area contributed by atoms with E-state index in [1.807, 2.05) is 0 Å². The molecule has 0 atom stereocenters. The second-order valence-electron chi connectivity index (χ2n) is 6.33. The summed E-state index contributed by atoms with van der Waals surface area (Å²) in [4.78, 5) is 18.9. The lowest BCUT2D eigenvalue weighted by atomic mass is 10.2. The van der Waals surface area contributed by atoms with Crippen molar-refractivity contribution >= 4 is 11.9 Å². The average Bonchev–Trinajstić information content (AvgIpc) is 2.45. The first-order valence-corrected chi connectivity index (χ1v) is 7.33. The standard InChI is InChI=1S/C15H20F3N3O2/c1-14(2,3)23-13(22)21-9-7-20(8-10-21)12-11(15(16,17)18)5-4-6-19-12/h4-6H,7-10H2,1-3H3. The van der Waals surface area contributed by atoms with Crippen molar-refractivity contribution in [2.75, 3.05) is 31.1 Å². The molecule has 0 unspecified atom stereocenters. The summed E-state index contributed by atoms with van der Waals surface area (Å²) in [5, 5.41) is 0. The molecule has 5 nitrogen and oxygen atoms in total. The summed E-state index contributed by atoms with van der Waals surface area (Å²) in [5.41, 5.74) is -1.36. The Morgan fingerprint density at radius 1 is 1.17 bits per heavy atom. The molecule has 0 spiro atoms. The molecule has 0 N–H and O–H groups in total. The van der Waals surface area contributed by atoms with Crippen molar-refractivity contribution in [3.05, 3.63) is 23.9 Å². The van der Waals surface area contributed by atoms with Gasteiger partial charge in [0, 0.05) is 32.4 Å². The van der Waals surface area contributed by atoms with Gasteiger partial charge in [0.05, 0.1) is 5.56 Å². The molecule has 1 amide bonds. The van der Waals surface area contributed by atoms with E-state index < -0.39 is 23.4 Å². The summed E-state index contributed by atoms with van der Waals surface area (Å²) < 4.78 is 44.4.